The molecule has 0 atom stereocenters. The zero-order valence-corrected chi connectivity index (χ0v) is 14.5. The number of carbonyl (C=O) groups is 1. The molecule has 1 aliphatic carbocycles. The number of amides is 1. The van der Waals surface area contributed by atoms with Crippen LogP contribution in [-0.2, 0) is 16.8 Å². The maximum Gasteiger partial charge on any atom is 0.246 e. The molecule has 5 rings (SSSR count). The van der Waals surface area contributed by atoms with Crippen LogP contribution in [0.15, 0.2) is 33.3 Å². The summed E-state index contributed by atoms with van der Waals surface area (Å²) in [5.74, 6) is 2.73. The number of aryl methyl sites for hydroxylation is 1. The third-order valence-electron chi connectivity index (χ3n) is 4.81. The highest BCUT2D eigenvalue weighted by molar-refractivity contribution is 5.90. The van der Waals surface area contributed by atoms with Crippen LogP contribution in [0, 0.1) is 6.92 Å². The van der Waals surface area contributed by atoms with E-state index in [2.05, 4.69) is 20.6 Å². The number of carbonyl (C=O) groups excluding carboxylic acids is 1. The minimum atomic E-state index is -0.660. The molecule has 1 amide bonds. The molecule has 0 saturated heterocycles. The van der Waals surface area contributed by atoms with Crippen LogP contribution in [0.3, 0.4) is 0 Å². The molecular formula is C18H16N4O5. The summed E-state index contributed by atoms with van der Waals surface area (Å²) < 4.78 is 21.2. The number of aromatic nitrogens is 3. The smallest absolute Gasteiger partial charge is 0.246 e. The third-order valence-corrected chi connectivity index (χ3v) is 4.81. The van der Waals surface area contributed by atoms with Gasteiger partial charge in [0.05, 0.1) is 17.7 Å². The van der Waals surface area contributed by atoms with E-state index in [1.54, 1.807) is 13.0 Å². The molecule has 0 spiro atoms. The van der Waals surface area contributed by atoms with Crippen molar-refractivity contribution in [1.29, 1.82) is 0 Å². The van der Waals surface area contributed by atoms with Gasteiger partial charge < -0.3 is 23.8 Å². The average Bonchev–Trinajstić information content (AvgIpc) is 3.06. The topological polar surface area (TPSA) is 113 Å². The first-order valence-corrected chi connectivity index (χ1v) is 8.59. The molecule has 138 valence electrons. The minimum absolute atomic E-state index is 0.121. The standard InChI is InChI=1S/C18H16N4O5/c1-10-20-16(27-21-10)8-19-17(23)18(4-5-18)15-7-13(26-22-15)11-2-3-12-14(6-11)25-9-24-12/h2-3,6-7H,4-5,8-9H2,1H3,(H,19,23). The van der Waals surface area contributed by atoms with Crippen molar-refractivity contribution < 1.29 is 23.3 Å². The molecule has 1 N–H and O–H groups in total. The Morgan fingerprint density at radius 1 is 1.15 bits per heavy atom. The lowest BCUT2D eigenvalue weighted by Crippen LogP contribution is -2.34. The number of hydrogen-bond donors (Lipinski definition) is 1. The molecule has 3 heterocycles. The summed E-state index contributed by atoms with van der Waals surface area (Å²) in [6.45, 7) is 2.13. The molecule has 0 bridgehead atoms. The summed E-state index contributed by atoms with van der Waals surface area (Å²) >= 11 is 0. The van der Waals surface area contributed by atoms with Gasteiger partial charge in [-0.3, -0.25) is 4.79 Å². The zero-order valence-electron chi connectivity index (χ0n) is 14.5. The minimum Gasteiger partial charge on any atom is -0.454 e. The maximum atomic E-state index is 12.7. The van der Waals surface area contributed by atoms with Crippen LogP contribution in [0.2, 0.25) is 0 Å². The predicted octanol–water partition coefficient (Wildman–Crippen LogP) is 2.11. The highest BCUT2D eigenvalue weighted by Gasteiger charge is 2.53. The van der Waals surface area contributed by atoms with Crippen molar-refractivity contribution in [2.75, 3.05) is 6.79 Å². The van der Waals surface area contributed by atoms with E-state index in [0.29, 0.717) is 34.7 Å². The second-order valence-electron chi connectivity index (χ2n) is 6.64. The van der Waals surface area contributed by atoms with Crippen molar-refractivity contribution in [2.45, 2.75) is 31.7 Å². The molecule has 9 nitrogen and oxygen atoms in total. The van der Waals surface area contributed by atoms with Crippen LogP contribution in [0.4, 0.5) is 0 Å². The van der Waals surface area contributed by atoms with Crippen molar-refractivity contribution in [2.24, 2.45) is 0 Å². The Kier molecular flexibility index (Phi) is 3.43. The number of ether oxygens (including phenoxy) is 2. The molecule has 0 unspecified atom stereocenters. The van der Waals surface area contributed by atoms with Gasteiger partial charge in [-0.2, -0.15) is 4.98 Å². The average molecular weight is 368 g/mol. The van der Waals surface area contributed by atoms with Gasteiger partial charge in [-0.05, 0) is 38.0 Å². The molecule has 2 aliphatic rings. The Morgan fingerprint density at radius 3 is 2.78 bits per heavy atom. The van der Waals surface area contributed by atoms with Gasteiger partial charge in [0.25, 0.3) is 0 Å². The molecule has 1 aromatic carbocycles. The Bertz CT molecular complexity index is 1020. The highest BCUT2D eigenvalue weighted by atomic mass is 16.7. The third kappa shape index (κ3) is 2.71. The summed E-state index contributed by atoms with van der Waals surface area (Å²) in [7, 11) is 0. The van der Waals surface area contributed by atoms with Crippen molar-refractivity contribution in [3.8, 4) is 22.8 Å². The van der Waals surface area contributed by atoms with E-state index >= 15 is 0 Å². The monoisotopic (exact) mass is 368 g/mol. The zero-order chi connectivity index (χ0) is 18.4. The van der Waals surface area contributed by atoms with Gasteiger partial charge in [0.2, 0.25) is 18.6 Å². The van der Waals surface area contributed by atoms with Gasteiger partial charge in [-0.15, -0.1) is 0 Å². The van der Waals surface area contributed by atoms with Gasteiger partial charge in [0.15, 0.2) is 23.1 Å². The molecule has 2 aromatic heterocycles. The first kappa shape index (κ1) is 15.9. The fourth-order valence-corrected chi connectivity index (χ4v) is 3.15. The van der Waals surface area contributed by atoms with E-state index in [9.17, 15) is 4.79 Å². The van der Waals surface area contributed by atoms with Gasteiger partial charge in [-0.1, -0.05) is 10.3 Å². The lowest BCUT2D eigenvalue weighted by atomic mass is 10.0. The number of nitrogens with zero attached hydrogens (tertiary/aromatic N) is 3. The van der Waals surface area contributed by atoms with Crippen LogP contribution in [-0.4, -0.2) is 28.0 Å². The van der Waals surface area contributed by atoms with Crippen molar-refractivity contribution >= 4 is 5.91 Å². The summed E-state index contributed by atoms with van der Waals surface area (Å²) in [6, 6.07) is 7.34. The number of benzene rings is 1. The number of fused-ring (bicyclic) bond motifs is 1. The van der Waals surface area contributed by atoms with Crippen LogP contribution in [0.25, 0.3) is 11.3 Å². The maximum absolute atomic E-state index is 12.7. The summed E-state index contributed by atoms with van der Waals surface area (Å²) in [6.07, 6.45) is 1.43. The molecule has 27 heavy (non-hydrogen) atoms. The predicted molar refractivity (Wildman–Crippen MR) is 89.9 cm³/mol. The molecule has 0 radical (unpaired) electrons. The van der Waals surface area contributed by atoms with Crippen molar-refractivity contribution in [1.82, 2.24) is 20.6 Å². The van der Waals surface area contributed by atoms with Crippen molar-refractivity contribution in [3.63, 3.8) is 0 Å². The normalized spacial score (nSPS) is 16.3. The number of nitrogens with one attached hydrogen (secondary N) is 1. The fourth-order valence-electron chi connectivity index (χ4n) is 3.15. The van der Waals surface area contributed by atoms with E-state index in [1.807, 2.05) is 18.2 Å². The van der Waals surface area contributed by atoms with E-state index < -0.39 is 5.41 Å². The summed E-state index contributed by atoms with van der Waals surface area (Å²) in [5.41, 5.74) is 0.776. The molecule has 9 heteroatoms. The number of hydrogen-bond acceptors (Lipinski definition) is 8. The van der Waals surface area contributed by atoms with Crippen molar-refractivity contribution in [3.05, 3.63) is 41.7 Å². The second kappa shape index (κ2) is 5.83. The Labute approximate surface area is 153 Å². The quantitative estimate of drug-likeness (QED) is 0.729. The fraction of sp³-hybridized carbons (Fsp3) is 0.333. The molecule has 3 aromatic rings. The molecule has 1 fully saturated rings. The van der Waals surface area contributed by atoms with Gasteiger partial charge in [0, 0.05) is 11.6 Å². The first-order chi connectivity index (χ1) is 13.1. The summed E-state index contributed by atoms with van der Waals surface area (Å²) in [4.78, 5) is 16.8. The Hall–Kier alpha value is -3.36. The SMILES string of the molecule is Cc1noc(CNC(=O)C2(c3cc(-c4ccc5c(c4)OCO5)on3)CC2)n1. The lowest BCUT2D eigenvalue weighted by molar-refractivity contribution is -0.124. The molecule has 1 aliphatic heterocycles. The van der Waals surface area contributed by atoms with Crippen LogP contribution >= 0.6 is 0 Å². The van der Waals surface area contributed by atoms with E-state index in [4.69, 9.17) is 18.5 Å². The van der Waals surface area contributed by atoms with E-state index in [-0.39, 0.29) is 19.2 Å². The molecular weight excluding hydrogens is 352 g/mol. The Morgan fingerprint density at radius 2 is 2.00 bits per heavy atom. The van der Waals surface area contributed by atoms with E-state index in [0.717, 1.165) is 18.4 Å². The van der Waals surface area contributed by atoms with Gasteiger partial charge in [-0.25, -0.2) is 0 Å². The summed E-state index contributed by atoms with van der Waals surface area (Å²) in [5, 5.41) is 10.7. The largest absolute Gasteiger partial charge is 0.454 e. The van der Waals surface area contributed by atoms with E-state index in [1.165, 1.54) is 0 Å². The Balaban J connectivity index is 1.33. The lowest BCUT2D eigenvalue weighted by Gasteiger charge is -2.10. The van der Waals surface area contributed by atoms with Gasteiger partial charge >= 0.3 is 0 Å². The van der Waals surface area contributed by atoms with Crippen LogP contribution < -0.4 is 14.8 Å². The van der Waals surface area contributed by atoms with Crippen LogP contribution in [0.5, 0.6) is 11.5 Å². The first-order valence-electron chi connectivity index (χ1n) is 8.59. The number of rotatable bonds is 5. The van der Waals surface area contributed by atoms with Gasteiger partial charge in [0.1, 0.15) is 0 Å². The molecule has 1 saturated carbocycles. The van der Waals surface area contributed by atoms with Crippen LogP contribution in [0.1, 0.15) is 30.3 Å². The highest BCUT2D eigenvalue weighted by Crippen LogP contribution is 2.49. The second-order valence-corrected chi connectivity index (χ2v) is 6.64.